The number of rotatable bonds is 6. The highest BCUT2D eigenvalue weighted by Crippen LogP contribution is 2.10. The molecule has 2 nitrogen and oxygen atoms in total. The van der Waals surface area contributed by atoms with Crippen molar-refractivity contribution in [2.24, 2.45) is 5.92 Å². The van der Waals surface area contributed by atoms with Crippen molar-refractivity contribution in [3.05, 3.63) is 0 Å². The minimum atomic E-state index is -1.37. The van der Waals surface area contributed by atoms with Crippen molar-refractivity contribution in [3.8, 4) is 0 Å². The second-order valence-electron chi connectivity index (χ2n) is 4.06. The molecule has 0 aromatic heterocycles. The fraction of sp³-hybridized carbons (Fsp3) is 0.900. The summed E-state index contributed by atoms with van der Waals surface area (Å²) < 4.78 is 13.2. The van der Waals surface area contributed by atoms with Gasteiger partial charge < -0.3 is 5.32 Å². The van der Waals surface area contributed by atoms with Crippen LogP contribution in [0.25, 0.3) is 0 Å². The van der Waals surface area contributed by atoms with Crippen LogP contribution in [0.4, 0.5) is 4.39 Å². The third-order valence-electron chi connectivity index (χ3n) is 1.43. The van der Waals surface area contributed by atoms with Gasteiger partial charge in [0.2, 0.25) is 0 Å². The van der Waals surface area contributed by atoms with Crippen LogP contribution in [0.5, 0.6) is 0 Å². The first kappa shape index (κ1) is 13.8. The summed E-state index contributed by atoms with van der Waals surface area (Å²) in [5, 5.41) is 2.55. The van der Waals surface area contributed by atoms with Crippen molar-refractivity contribution < 1.29 is 9.18 Å². The molecular weight excluding hydrogens is 201 g/mol. The average molecular weight is 221 g/mol. The van der Waals surface area contributed by atoms with E-state index in [2.05, 4.69) is 19.2 Å². The van der Waals surface area contributed by atoms with E-state index in [0.29, 0.717) is 5.92 Å². The molecule has 0 radical (unpaired) electrons. The van der Waals surface area contributed by atoms with Crippen LogP contribution < -0.4 is 5.32 Å². The van der Waals surface area contributed by atoms with Crippen LogP contribution in [0.15, 0.2) is 0 Å². The molecule has 0 aliphatic rings. The molecule has 0 bridgehead atoms. The summed E-state index contributed by atoms with van der Waals surface area (Å²) in [6, 6.07) is 0.0100. The van der Waals surface area contributed by atoms with Crippen LogP contribution in [-0.4, -0.2) is 29.6 Å². The molecule has 1 unspecified atom stereocenters. The molecule has 0 heterocycles. The fourth-order valence-corrected chi connectivity index (χ4v) is 1.82. The lowest BCUT2D eigenvalue weighted by molar-refractivity contribution is -0.125. The largest absolute Gasteiger partial charge is 0.351 e. The average Bonchev–Trinajstić information content (AvgIpc) is 2.01. The molecule has 0 aromatic rings. The lowest BCUT2D eigenvalue weighted by Gasteiger charge is -2.12. The van der Waals surface area contributed by atoms with Gasteiger partial charge in [-0.25, -0.2) is 4.39 Å². The Kier molecular flexibility index (Phi) is 6.97. The number of thioether (sulfide) groups is 1. The van der Waals surface area contributed by atoms with Gasteiger partial charge >= 0.3 is 0 Å². The van der Waals surface area contributed by atoms with E-state index in [1.807, 2.05) is 13.8 Å². The number of carbonyl (C=O) groups is 1. The third-order valence-corrected chi connectivity index (χ3v) is 2.86. The normalized spacial score (nSPS) is 13.4. The number of amides is 1. The second-order valence-corrected chi connectivity index (χ2v) is 5.14. The van der Waals surface area contributed by atoms with E-state index in [1.165, 1.54) is 11.8 Å². The molecule has 0 spiro atoms. The summed E-state index contributed by atoms with van der Waals surface area (Å²) in [6.45, 7) is 7.81. The molecule has 4 heteroatoms. The SMILES string of the molecule is CC(C)CSCC(F)C(=O)NC(C)C. The molecule has 0 saturated heterocycles. The fourth-order valence-electron chi connectivity index (χ4n) is 0.858. The van der Waals surface area contributed by atoms with Crippen LogP contribution in [0.3, 0.4) is 0 Å². The van der Waals surface area contributed by atoms with Crippen LogP contribution in [0, 0.1) is 5.92 Å². The minimum absolute atomic E-state index is 0.0100. The van der Waals surface area contributed by atoms with Crippen molar-refractivity contribution in [3.63, 3.8) is 0 Å². The molecule has 0 aliphatic carbocycles. The molecule has 14 heavy (non-hydrogen) atoms. The van der Waals surface area contributed by atoms with Crippen molar-refractivity contribution in [1.82, 2.24) is 5.32 Å². The highest BCUT2D eigenvalue weighted by atomic mass is 32.2. The zero-order valence-electron chi connectivity index (χ0n) is 9.34. The maximum Gasteiger partial charge on any atom is 0.255 e. The van der Waals surface area contributed by atoms with Crippen molar-refractivity contribution >= 4 is 17.7 Å². The van der Waals surface area contributed by atoms with Crippen LogP contribution in [0.2, 0.25) is 0 Å². The molecule has 1 N–H and O–H groups in total. The first-order valence-corrected chi connectivity index (χ1v) is 6.11. The van der Waals surface area contributed by atoms with Crippen LogP contribution in [0.1, 0.15) is 27.7 Å². The predicted molar refractivity (Wildman–Crippen MR) is 60.3 cm³/mol. The van der Waals surface area contributed by atoms with E-state index < -0.39 is 12.1 Å². The van der Waals surface area contributed by atoms with E-state index in [4.69, 9.17) is 0 Å². The number of halogens is 1. The lowest BCUT2D eigenvalue weighted by atomic mass is 10.3. The third kappa shape index (κ3) is 7.18. The Morgan fingerprint density at radius 1 is 1.29 bits per heavy atom. The van der Waals surface area contributed by atoms with E-state index >= 15 is 0 Å². The molecular formula is C10H20FNOS. The molecule has 0 saturated carbocycles. The number of nitrogens with one attached hydrogen (secondary N) is 1. The zero-order valence-corrected chi connectivity index (χ0v) is 10.2. The van der Waals surface area contributed by atoms with E-state index in [-0.39, 0.29) is 11.8 Å². The van der Waals surface area contributed by atoms with Crippen molar-refractivity contribution in [2.45, 2.75) is 39.9 Å². The maximum absolute atomic E-state index is 13.2. The van der Waals surface area contributed by atoms with Crippen molar-refractivity contribution in [2.75, 3.05) is 11.5 Å². The summed E-state index contributed by atoms with van der Waals surface area (Å²) in [7, 11) is 0. The van der Waals surface area contributed by atoms with Crippen molar-refractivity contribution in [1.29, 1.82) is 0 Å². The summed E-state index contributed by atoms with van der Waals surface area (Å²) in [4.78, 5) is 11.1. The standard InChI is InChI=1S/C10H20FNOS/c1-7(2)5-14-6-9(11)10(13)12-8(3)4/h7-9H,5-6H2,1-4H3,(H,12,13). The molecule has 0 fully saturated rings. The number of hydrogen-bond donors (Lipinski definition) is 1. The quantitative estimate of drug-likeness (QED) is 0.745. The van der Waals surface area contributed by atoms with Crippen LogP contribution in [-0.2, 0) is 4.79 Å². The Hall–Kier alpha value is -0.250. The first-order chi connectivity index (χ1) is 6.43. The van der Waals surface area contributed by atoms with Gasteiger partial charge in [0.15, 0.2) is 6.17 Å². The van der Waals surface area contributed by atoms with Gasteiger partial charge in [-0.05, 0) is 25.5 Å². The van der Waals surface area contributed by atoms with E-state index in [0.717, 1.165) is 5.75 Å². The highest BCUT2D eigenvalue weighted by molar-refractivity contribution is 7.99. The number of hydrogen-bond acceptors (Lipinski definition) is 2. The molecule has 1 amide bonds. The Morgan fingerprint density at radius 2 is 1.86 bits per heavy atom. The number of alkyl halides is 1. The van der Waals surface area contributed by atoms with Gasteiger partial charge in [-0.3, -0.25) is 4.79 Å². The predicted octanol–water partition coefficient (Wildman–Crippen LogP) is 2.24. The smallest absolute Gasteiger partial charge is 0.255 e. The van der Waals surface area contributed by atoms with Gasteiger partial charge in [0.1, 0.15) is 0 Å². The van der Waals surface area contributed by atoms with Gasteiger partial charge in [-0.1, -0.05) is 13.8 Å². The van der Waals surface area contributed by atoms with E-state index in [1.54, 1.807) is 0 Å². The molecule has 1 atom stereocenters. The van der Waals surface area contributed by atoms with E-state index in [9.17, 15) is 9.18 Å². The van der Waals surface area contributed by atoms with Gasteiger partial charge in [0.25, 0.3) is 5.91 Å². The maximum atomic E-state index is 13.2. The minimum Gasteiger partial charge on any atom is -0.351 e. The first-order valence-electron chi connectivity index (χ1n) is 4.95. The number of carbonyl (C=O) groups excluding carboxylic acids is 1. The Balaban J connectivity index is 3.62. The summed E-state index contributed by atoms with van der Waals surface area (Å²) in [5.41, 5.74) is 0. The Bertz CT molecular complexity index is 174. The molecule has 0 rings (SSSR count). The molecule has 0 aromatic carbocycles. The monoisotopic (exact) mass is 221 g/mol. The Labute approximate surface area is 90.0 Å². The zero-order chi connectivity index (χ0) is 11.1. The topological polar surface area (TPSA) is 29.1 Å². The molecule has 84 valence electrons. The lowest BCUT2D eigenvalue weighted by Crippen LogP contribution is -2.37. The van der Waals surface area contributed by atoms with Crippen LogP contribution >= 0.6 is 11.8 Å². The molecule has 0 aliphatic heterocycles. The highest BCUT2D eigenvalue weighted by Gasteiger charge is 2.17. The van der Waals surface area contributed by atoms with Gasteiger partial charge in [-0.2, -0.15) is 11.8 Å². The summed E-state index contributed by atoms with van der Waals surface area (Å²) >= 11 is 1.49. The van der Waals surface area contributed by atoms with Gasteiger partial charge in [0, 0.05) is 11.8 Å². The Morgan fingerprint density at radius 3 is 2.29 bits per heavy atom. The summed E-state index contributed by atoms with van der Waals surface area (Å²) in [5.74, 6) is 1.21. The van der Waals surface area contributed by atoms with Gasteiger partial charge in [-0.15, -0.1) is 0 Å². The van der Waals surface area contributed by atoms with Gasteiger partial charge in [0.05, 0.1) is 0 Å². The second kappa shape index (κ2) is 7.10. The summed E-state index contributed by atoms with van der Waals surface area (Å²) in [6.07, 6.45) is -1.37.